The summed E-state index contributed by atoms with van der Waals surface area (Å²) in [7, 11) is 1.66. The van der Waals surface area contributed by atoms with E-state index in [0.29, 0.717) is 6.42 Å². The van der Waals surface area contributed by atoms with Gasteiger partial charge in [0.25, 0.3) is 0 Å². The van der Waals surface area contributed by atoms with Gasteiger partial charge in [0.2, 0.25) is 5.91 Å². The van der Waals surface area contributed by atoms with Crippen LogP contribution in [0.5, 0.6) is 5.75 Å². The van der Waals surface area contributed by atoms with Crippen LogP contribution in [-0.2, 0) is 4.79 Å². The van der Waals surface area contributed by atoms with E-state index in [9.17, 15) is 9.18 Å². The van der Waals surface area contributed by atoms with E-state index >= 15 is 0 Å². The molecule has 0 aromatic heterocycles. The highest BCUT2D eigenvalue weighted by Crippen LogP contribution is 2.53. The van der Waals surface area contributed by atoms with Crippen LogP contribution in [0.2, 0.25) is 0 Å². The normalized spacial score (nSPS) is 21.8. The molecular weight excluding hydrogens is 316 g/mol. The maximum absolute atomic E-state index is 13.2. The summed E-state index contributed by atoms with van der Waals surface area (Å²) in [6.07, 6.45) is 3.36. The smallest absolute Gasteiger partial charge is 0.230 e. The highest BCUT2D eigenvalue weighted by atomic mass is 18.2. The molecule has 2 aliphatic carbocycles. The molecule has 0 N–H and O–H groups in total. The van der Waals surface area contributed by atoms with E-state index in [1.807, 2.05) is 30.9 Å². The van der Waals surface area contributed by atoms with Gasteiger partial charge in [-0.15, -0.1) is 0 Å². The Morgan fingerprint density at radius 1 is 1.32 bits per heavy atom. The Labute approximate surface area is 149 Å². The molecule has 0 fully saturated rings. The van der Waals surface area contributed by atoms with Crippen molar-refractivity contribution in [2.45, 2.75) is 45.4 Å². The van der Waals surface area contributed by atoms with Gasteiger partial charge in [0.1, 0.15) is 5.75 Å². The third kappa shape index (κ3) is 3.07. The minimum absolute atomic E-state index is 0.0980. The van der Waals surface area contributed by atoms with Gasteiger partial charge in [0.15, 0.2) is 0 Å². The Kier molecular flexibility index (Phi) is 5.45. The van der Waals surface area contributed by atoms with Crippen molar-refractivity contribution in [1.82, 2.24) is 4.90 Å². The van der Waals surface area contributed by atoms with E-state index in [1.165, 1.54) is 11.1 Å². The quantitative estimate of drug-likeness (QED) is 0.756. The summed E-state index contributed by atoms with van der Waals surface area (Å²) in [6, 6.07) is 6.05. The molecule has 0 saturated heterocycles. The fourth-order valence-electron chi connectivity index (χ4n) is 4.55. The van der Waals surface area contributed by atoms with Crippen molar-refractivity contribution in [2.75, 3.05) is 26.9 Å². The number of benzene rings is 1. The molecular formula is C21H28FNO2. The van der Waals surface area contributed by atoms with Crippen molar-refractivity contribution >= 4 is 11.5 Å². The lowest BCUT2D eigenvalue weighted by molar-refractivity contribution is -0.133. The van der Waals surface area contributed by atoms with Crippen LogP contribution in [0.25, 0.3) is 5.57 Å². The van der Waals surface area contributed by atoms with E-state index in [4.69, 9.17) is 4.74 Å². The molecule has 1 amide bonds. The van der Waals surface area contributed by atoms with Gasteiger partial charge in [-0.1, -0.05) is 11.6 Å². The molecule has 2 unspecified atom stereocenters. The van der Waals surface area contributed by atoms with Gasteiger partial charge < -0.3 is 9.64 Å². The average Bonchev–Trinajstić information content (AvgIpc) is 2.96. The monoisotopic (exact) mass is 344 g/mol. The van der Waals surface area contributed by atoms with E-state index in [-0.39, 0.29) is 24.4 Å². The molecule has 0 heterocycles. The van der Waals surface area contributed by atoms with Crippen molar-refractivity contribution in [2.24, 2.45) is 5.92 Å². The molecule has 0 aliphatic heterocycles. The number of alkyl halides is 1. The summed E-state index contributed by atoms with van der Waals surface area (Å²) in [4.78, 5) is 15.0. The largest absolute Gasteiger partial charge is 0.497 e. The lowest BCUT2D eigenvalue weighted by atomic mass is 9.79. The number of carbonyl (C=O) groups excluding carboxylic acids is 1. The molecule has 3 rings (SSSR count). The summed E-state index contributed by atoms with van der Waals surface area (Å²) in [5.41, 5.74) is 4.73. The molecule has 0 saturated carbocycles. The Bertz CT molecular complexity index is 678. The highest BCUT2D eigenvalue weighted by Gasteiger charge is 2.40. The number of methoxy groups -OCH3 is 1. The molecule has 136 valence electrons. The standard InChI is InChI=1S/C21H28FNO2/c1-4-23(5-2)21(24)18-8-6-7-17-16(11-12-22)15-10-9-14(25-3)13-19(15)20(17)18/h9-10,13,16,18H,4-8,11-12H2,1-3H3/i22-1. The number of carbonyl (C=O) groups is 1. The summed E-state index contributed by atoms with van der Waals surface area (Å²) in [6.45, 7) is 5.18. The predicted molar refractivity (Wildman–Crippen MR) is 98.5 cm³/mol. The molecule has 2 atom stereocenters. The lowest BCUT2D eigenvalue weighted by Gasteiger charge is -2.30. The van der Waals surface area contributed by atoms with Gasteiger partial charge in [-0.3, -0.25) is 9.18 Å². The maximum Gasteiger partial charge on any atom is 0.230 e. The number of halogens is 1. The second kappa shape index (κ2) is 7.59. The van der Waals surface area contributed by atoms with Crippen LogP contribution in [-0.4, -0.2) is 37.7 Å². The minimum Gasteiger partial charge on any atom is -0.497 e. The number of amides is 1. The van der Waals surface area contributed by atoms with Crippen LogP contribution < -0.4 is 4.74 Å². The molecule has 4 heteroatoms. The first kappa shape index (κ1) is 18.0. The number of ether oxygens (including phenoxy) is 1. The number of nitrogens with zero attached hydrogens (tertiary/aromatic N) is 1. The first-order chi connectivity index (χ1) is 12.2. The Balaban J connectivity index is 2.08. The zero-order valence-corrected chi connectivity index (χ0v) is 15.5. The zero-order chi connectivity index (χ0) is 18.0. The topological polar surface area (TPSA) is 29.5 Å². The summed E-state index contributed by atoms with van der Waals surface area (Å²) >= 11 is 0. The first-order valence-electron chi connectivity index (χ1n) is 9.42. The Morgan fingerprint density at radius 2 is 2.08 bits per heavy atom. The van der Waals surface area contributed by atoms with Crippen LogP contribution in [0.1, 0.15) is 56.6 Å². The van der Waals surface area contributed by atoms with Gasteiger partial charge in [-0.2, -0.15) is 0 Å². The Morgan fingerprint density at radius 3 is 2.72 bits per heavy atom. The van der Waals surface area contributed by atoms with Crippen molar-refractivity contribution in [3.05, 3.63) is 34.9 Å². The molecule has 1 aromatic carbocycles. The van der Waals surface area contributed by atoms with Gasteiger partial charge in [-0.25, -0.2) is 0 Å². The average molecular weight is 344 g/mol. The maximum atomic E-state index is 13.2. The number of fused-ring (bicyclic) bond motifs is 2. The fourth-order valence-corrected chi connectivity index (χ4v) is 4.55. The lowest BCUT2D eigenvalue weighted by Crippen LogP contribution is -2.37. The Hall–Kier alpha value is -1.84. The summed E-state index contributed by atoms with van der Waals surface area (Å²) in [5.74, 6) is 1.03. The third-order valence-electron chi connectivity index (χ3n) is 5.75. The van der Waals surface area contributed by atoms with Crippen LogP contribution in [0.3, 0.4) is 0 Å². The summed E-state index contributed by atoms with van der Waals surface area (Å²) < 4.78 is 18.6. The van der Waals surface area contributed by atoms with Gasteiger partial charge in [0.05, 0.1) is 19.7 Å². The molecule has 3 nitrogen and oxygen atoms in total. The van der Waals surface area contributed by atoms with Gasteiger partial charge in [0, 0.05) is 19.0 Å². The van der Waals surface area contributed by atoms with Crippen LogP contribution in [0.4, 0.5) is 4.39 Å². The number of hydrogen-bond acceptors (Lipinski definition) is 2. The van der Waals surface area contributed by atoms with Crippen LogP contribution in [0.15, 0.2) is 23.8 Å². The number of rotatable bonds is 6. The van der Waals surface area contributed by atoms with Crippen LogP contribution in [0, 0.1) is 5.92 Å². The van der Waals surface area contributed by atoms with Crippen molar-refractivity contribution in [3.8, 4) is 5.75 Å². The third-order valence-corrected chi connectivity index (χ3v) is 5.75. The van der Waals surface area contributed by atoms with E-state index < -0.39 is 0 Å². The van der Waals surface area contributed by atoms with Crippen molar-refractivity contribution < 1.29 is 13.9 Å². The van der Waals surface area contributed by atoms with Crippen molar-refractivity contribution in [3.63, 3.8) is 0 Å². The van der Waals surface area contributed by atoms with Gasteiger partial charge in [-0.05, 0) is 68.4 Å². The molecule has 0 spiro atoms. The molecule has 0 radical (unpaired) electrons. The molecule has 0 bridgehead atoms. The SMILES string of the molecule is CCN(CC)C(=O)C1CCCC2=C1c1cc(OC)ccc1C2CC[18F]. The van der Waals surface area contributed by atoms with Gasteiger partial charge >= 0.3 is 0 Å². The second-order valence-electron chi connectivity index (χ2n) is 6.88. The molecule has 25 heavy (non-hydrogen) atoms. The molecule has 2 aliphatic rings. The minimum atomic E-state index is -0.332. The van der Waals surface area contributed by atoms with E-state index in [1.54, 1.807) is 7.11 Å². The van der Waals surface area contributed by atoms with E-state index in [2.05, 4.69) is 6.07 Å². The molecule has 1 aromatic rings. The predicted octanol–water partition coefficient (Wildman–Crippen LogP) is 4.57. The van der Waals surface area contributed by atoms with E-state index in [0.717, 1.165) is 49.2 Å². The summed E-state index contributed by atoms with van der Waals surface area (Å²) in [5, 5.41) is 0. The van der Waals surface area contributed by atoms with Crippen molar-refractivity contribution in [1.29, 1.82) is 0 Å². The fraction of sp³-hybridized carbons (Fsp3) is 0.571. The highest BCUT2D eigenvalue weighted by molar-refractivity contribution is 5.96. The first-order valence-corrected chi connectivity index (χ1v) is 9.42. The number of hydrogen-bond donors (Lipinski definition) is 0. The zero-order valence-electron chi connectivity index (χ0n) is 15.5. The number of allylic oxidation sites excluding steroid dienone is 1. The van der Waals surface area contributed by atoms with Crippen LogP contribution >= 0.6 is 0 Å². The second-order valence-corrected chi connectivity index (χ2v) is 6.88.